The topological polar surface area (TPSA) is 12.5 Å². The van der Waals surface area contributed by atoms with Crippen molar-refractivity contribution in [2.45, 2.75) is 25.7 Å². The van der Waals surface area contributed by atoms with Crippen molar-refractivity contribution in [3.05, 3.63) is 7.11 Å². The van der Waals surface area contributed by atoms with Gasteiger partial charge in [0.05, 0.1) is 13.7 Å². The summed E-state index contributed by atoms with van der Waals surface area (Å²) in [6.45, 7) is 4.34. The fourth-order valence-corrected chi connectivity index (χ4v) is 1.55. The Bertz CT molecular complexity index is 87.6. The van der Waals surface area contributed by atoms with Gasteiger partial charge in [-0.25, -0.2) is 0 Å². The fraction of sp³-hybridized carbons (Fsp3) is 0.889. The minimum atomic E-state index is 0.778. The van der Waals surface area contributed by atoms with Crippen molar-refractivity contribution in [3.8, 4) is 0 Å². The number of rotatable bonds is 3. The lowest BCUT2D eigenvalue weighted by atomic mass is 10.2. The molecule has 2 nitrogen and oxygen atoms in total. The van der Waals surface area contributed by atoms with Gasteiger partial charge >= 0.3 is 0 Å². The quantitative estimate of drug-likeness (QED) is 0.616. The first-order chi connectivity index (χ1) is 5.43. The standard InChI is InChI=1S/C9H18NO/c1-11-9-8-10-6-4-2-3-5-7-10/h1-9H2. The normalized spacial score (nSPS) is 21.5. The van der Waals surface area contributed by atoms with Gasteiger partial charge in [-0.15, -0.1) is 0 Å². The van der Waals surface area contributed by atoms with Crippen LogP contribution in [-0.4, -0.2) is 31.1 Å². The van der Waals surface area contributed by atoms with Gasteiger partial charge in [0.25, 0.3) is 0 Å². The number of hydrogen-bond donors (Lipinski definition) is 0. The second-order valence-corrected chi connectivity index (χ2v) is 3.16. The Morgan fingerprint density at radius 1 is 1.09 bits per heavy atom. The van der Waals surface area contributed by atoms with Crippen LogP contribution in [0.5, 0.6) is 0 Å². The van der Waals surface area contributed by atoms with E-state index in [1.807, 2.05) is 0 Å². The molecule has 0 aliphatic carbocycles. The van der Waals surface area contributed by atoms with Crippen LogP contribution in [0, 0.1) is 7.11 Å². The highest BCUT2D eigenvalue weighted by atomic mass is 16.5. The molecule has 0 unspecified atom stereocenters. The van der Waals surface area contributed by atoms with Crippen molar-refractivity contribution in [3.63, 3.8) is 0 Å². The summed E-state index contributed by atoms with van der Waals surface area (Å²) < 4.78 is 4.79. The van der Waals surface area contributed by atoms with Crippen LogP contribution < -0.4 is 0 Å². The SMILES string of the molecule is [CH2]OCCN1CCCCCC1. The lowest BCUT2D eigenvalue weighted by Gasteiger charge is -2.18. The maximum absolute atomic E-state index is 4.79. The zero-order valence-electron chi connectivity index (χ0n) is 7.22. The van der Waals surface area contributed by atoms with Crippen LogP contribution in [0.15, 0.2) is 0 Å². The van der Waals surface area contributed by atoms with Crippen LogP contribution >= 0.6 is 0 Å². The Morgan fingerprint density at radius 3 is 2.27 bits per heavy atom. The Balaban J connectivity index is 2.09. The molecule has 0 N–H and O–H groups in total. The second-order valence-electron chi connectivity index (χ2n) is 3.16. The van der Waals surface area contributed by atoms with Gasteiger partial charge in [-0.3, -0.25) is 0 Å². The molecule has 0 atom stereocenters. The summed E-state index contributed by atoms with van der Waals surface area (Å²) in [4.78, 5) is 2.47. The molecule has 0 bridgehead atoms. The third kappa shape index (κ3) is 3.73. The van der Waals surface area contributed by atoms with Crippen LogP contribution in [0.25, 0.3) is 0 Å². The molecule has 65 valence electrons. The molecular weight excluding hydrogens is 138 g/mol. The summed E-state index contributed by atoms with van der Waals surface area (Å²) in [6, 6.07) is 0. The van der Waals surface area contributed by atoms with Crippen molar-refractivity contribution in [1.29, 1.82) is 0 Å². The molecule has 11 heavy (non-hydrogen) atoms. The van der Waals surface area contributed by atoms with Crippen LogP contribution in [0.2, 0.25) is 0 Å². The van der Waals surface area contributed by atoms with Crippen molar-refractivity contribution >= 4 is 0 Å². The van der Waals surface area contributed by atoms with Gasteiger partial charge in [-0.1, -0.05) is 12.8 Å². The van der Waals surface area contributed by atoms with Crippen molar-refractivity contribution in [1.82, 2.24) is 4.90 Å². The van der Waals surface area contributed by atoms with Crippen LogP contribution in [0.4, 0.5) is 0 Å². The predicted molar refractivity (Wildman–Crippen MR) is 46.2 cm³/mol. The highest BCUT2D eigenvalue weighted by Gasteiger charge is 2.07. The van der Waals surface area contributed by atoms with E-state index in [-0.39, 0.29) is 0 Å². The van der Waals surface area contributed by atoms with E-state index in [4.69, 9.17) is 4.74 Å². The van der Waals surface area contributed by atoms with Crippen LogP contribution in [0.1, 0.15) is 25.7 Å². The molecule has 1 fully saturated rings. The Hall–Kier alpha value is -0.0800. The largest absolute Gasteiger partial charge is 0.378 e. The Morgan fingerprint density at radius 2 is 1.73 bits per heavy atom. The Labute approximate surface area is 69.5 Å². The first-order valence-electron chi connectivity index (χ1n) is 4.53. The molecule has 1 radical (unpaired) electrons. The highest BCUT2D eigenvalue weighted by Crippen LogP contribution is 2.08. The Kier molecular flexibility index (Phi) is 4.55. The molecular formula is C9H18NO. The van der Waals surface area contributed by atoms with E-state index in [1.54, 1.807) is 0 Å². The molecule has 1 aliphatic heterocycles. The molecule has 0 spiro atoms. The van der Waals surface area contributed by atoms with Gasteiger partial charge in [0.1, 0.15) is 0 Å². The number of nitrogens with zero attached hydrogens (tertiary/aromatic N) is 1. The lowest BCUT2D eigenvalue weighted by molar-refractivity contribution is 0.176. The van der Waals surface area contributed by atoms with E-state index in [2.05, 4.69) is 12.0 Å². The highest BCUT2D eigenvalue weighted by molar-refractivity contribution is 4.62. The maximum atomic E-state index is 4.79. The smallest absolute Gasteiger partial charge is 0.0701 e. The van der Waals surface area contributed by atoms with Crippen LogP contribution in [0.3, 0.4) is 0 Å². The van der Waals surface area contributed by atoms with E-state index < -0.39 is 0 Å². The molecule has 1 heterocycles. The maximum Gasteiger partial charge on any atom is 0.0701 e. The van der Waals surface area contributed by atoms with Crippen molar-refractivity contribution in [2.75, 3.05) is 26.2 Å². The lowest BCUT2D eigenvalue weighted by Crippen LogP contribution is -2.27. The molecule has 0 aromatic rings. The van der Waals surface area contributed by atoms with E-state index in [9.17, 15) is 0 Å². The second kappa shape index (κ2) is 5.56. The number of ether oxygens (including phenoxy) is 1. The monoisotopic (exact) mass is 156 g/mol. The zero-order valence-corrected chi connectivity index (χ0v) is 7.22. The third-order valence-corrected chi connectivity index (χ3v) is 2.25. The summed E-state index contributed by atoms with van der Waals surface area (Å²) in [5, 5.41) is 0. The molecule has 0 saturated carbocycles. The van der Waals surface area contributed by atoms with Gasteiger partial charge < -0.3 is 9.64 Å². The molecule has 1 rings (SSSR count). The van der Waals surface area contributed by atoms with Gasteiger partial charge in [0, 0.05) is 6.54 Å². The van der Waals surface area contributed by atoms with Gasteiger partial charge in [0.2, 0.25) is 0 Å². The summed E-state index contributed by atoms with van der Waals surface area (Å²) in [6.07, 6.45) is 5.53. The third-order valence-electron chi connectivity index (χ3n) is 2.25. The summed E-state index contributed by atoms with van der Waals surface area (Å²) in [5.74, 6) is 0. The first-order valence-corrected chi connectivity index (χ1v) is 4.53. The van der Waals surface area contributed by atoms with Crippen LogP contribution in [-0.2, 0) is 4.74 Å². The van der Waals surface area contributed by atoms with Gasteiger partial charge in [0.15, 0.2) is 0 Å². The summed E-state index contributed by atoms with van der Waals surface area (Å²) >= 11 is 0. The zero-order chi connectivity index (χ0) is 7.94. The number of hydrogen-bond acceptors (Lipinski definition) is 2. The minimum absolute atomic E-state index is 0.778. The molecule has 0 aromatic carbocycles. The minimum Gasteiger partial charge on any atom is -0.378 e. The molecule has 1 saturated heterocycles. The predicted octanol–water partition coefficient (Wildman–Crippen LogP) is 1.67. The average Bonchev–Trinajstić information content (AvgIpc) is 2.28. The average molecular weight is 156 g/mol. The van der Waals surface area contributed by atoms with Gasteiger partial charge in [-0.05, 0) is 25.9 Å². The van der Waals surface area contributed by atoms with Crippen molar-refractivity contribution in [2.24, 2.45) is 0 Å². The van der Waals surface area contributed by atoms with Gasteiger partial charge in [-0.2, -0.15) is 0 Å². The molecule has 0 aromatic heterocycles. The van der Waals surface area contributed by atoms with E-state index >= 15 is 0 Å². The summed E-state index contributed by atoms with van der Waals surface area (Å²) in [7, 11) is 3.37. The van der Waals surface area contributed by atoms with Crippen molar-refractivity contribution < 1.29 is 4.74 Å². The van der Waals surface area contributed by atoms with E-state index in [1.165, 1.54) is 38.8 Å². The van der Waals surface area contributed by atoms with E-state index in [0.717, 1.165) is 13.2 Å². The molecule has 0 amide bonds. The van der Waals surface area contributed by atoms with E-state index in [0.29, 0.717) is 0 Å². The first kappa shape index (κ1) is 9.01. The number of likely N-dealkylation sites (tertiary alicyclic amines) is 1. The fourth-order valence-electron chi connectivity index (χ4n) is 1.55. The summed E-state index contributed by atoms with van der Waals surface area (Å²) in [5.41, 5.74) is 0. The molecule has 1 aliphatic rings. The molecule has 2 heteroatoms.